The highest BCUT2D eigenvalue weighted by atomic mass is 16.2. The van der Waals surface area contributed by atoms with Gasteiger partial charge in [0.2, 0.25) is 5.91 Å². The lowest BCUT2D eigenvalue weighted by molar-refractivity contribution is -0.117. The minimum atomic E-state index is 0.120. The van der Waals surface area contributed by atoms with Crippen LogP contribution in [0.15, 0.2) is 24.3 Å². The number of benzene rings is 1. The summed E-state index contributed by atoms with van der Waals surface area (Å²) in [6.07, 6.45) is 0. The van der Waals surface area contributed by atoms with E-state index < -0.39 is 0 Å². The molecule has 1 heterocycles. The molecule has 3 heteroatoms. The van der Waals surface area contributed by atoms with Crippen molar-refractivity contribution in [2.24, 2.45) is 5.92 Å². The Balaban J connectivity index is 2.49. The van der Waals surface area contributed by atoms with Crippen LogP contribution in [-0.2, 0) is 4.79 Å². The summed E-state index contributed by atoms with van der Waals surface area (Å²) >= 11 is 0. The lowest BCUT2D eigenvalue weighted by atomic mass is 9.82. The van der Waals surface area contributed by atoms with Gasteiger partial charge >= 0.3 is 0 Å². The maximum atomic E-state index is 12.0. The van der Waals surface area contributed by atoms with Gasteiger partial charge in [0.1, 0.15) is 0 Å². The quantitative estimate of drug-likeness (QED) is 0.886. The molecule has 1 N–H and O–H groups in total. The van der Waals surface area contributed by atoms with Crippen molar-refractivity contribution in [2.45, 2.75) is 52.7 Å². The van der Waals surface area contributed by atoms with Gasteiger partial charge in [0.25, 0.3) is 0 Å². The number of hydrogen-bond acceptors (Lipinski definition) is 2. The third-order valence-electron chi connectivity index (χ3n) is 4.08. The summed E-state index contributed by atoms with van der Waals surface area (Å²) < 4.78 is 0. The average molecular weight is 260 g/mol. The number of nitrogens with zero attached hydrogens (tertiary/aromatic N) is 1. The molecule has 0 saturated heterocycles. The second-order valence-corrected chi connectivity index (χ2v) is 5.85. The summed E-state index contributed by atoms with van der Waals surface area (Å²) in [5.41, 5.74) is 2.29. The van der Waals surface area contributed by atoms with Crippen LogP contribution in [-0.4, -0.2) is 18.0 Å². The maximum Gasteiger partial charge on any atom is 0.224 e. The molecule has 104 valence electrons. The highest BCUT2D eigenvalue weighted by Gasteiger charge is 2.37. The summed E-state index contributed by atoms with van der Waals surface area (Å²) in [5.74, 6) is 0.510. The molecule has 3 unspecified atom stereocenters. The number of carbonyl (C=O) groups is 1. The molecule has 0 bridgehead atoms. The molecule has 1 aliphatic rings. The molecular formula is C16H24N2O. The molecule has 0 fully saturated rings. The fourth-order valence-corrected chi connectivity index (χ4v) is 3.04. The summed E-state index contributed by atoms with van der Waals surface area (Å²) in [6, 6.07) is 9.18. The summed E-state index contributed by atoms with van der Waals surface area (Å²) in [7, 11) is 0. The van der Waals surface area contributed by atoms with Crippen LogP contribution in [0.4, 0.5) is 5.69 Å². The zero-order chi connectivity index (χ0) is 14.2. The van der Waals surface area contributed by atoms with Crippen molar-refractivity contribution in [2.75, 3.05) is 4.90 Å². The van der Waals surface area contributed by atoms with Gasteiger partial charge in [0, 0.05) is 30.7 Å². The van der Waals surface area contributed by atoms with Crippen LogP contribution in [0.3, 0.4) is 0 Å². The van der Waals surface area contributed by atoms with Crippen LogP contribution >= 0.6 is 0 Å². The molecule has 0 spiro atoms. The standard InChI is InChI=1S/C16H24N2O/c1-10(2)17-16-11(3)12(4)18(13(5)19)15-9-7-6-8-14(15)16/h6-12,16-17H,1-5H3. The van der Waals surface area contributed by atoms with Crippen molar-refractivity contribution < 1.29 is 4.79 Å². The fraction of sp³-hybridized carbons (Fsp3) is 0.562. The SMILES string of the molecule is CC(=O)N1c2ccccc2C(NC(C)C)C(C)C1C. The summed E-state index contributed by atoms with van der Waals surface area (Å²) in [5, 5.41) is 3.64. The van der Waals surface area contributed by atoms with Crippen LogP contribution < -0.4 is 10.2 Å². The zero-order valence-electron chi connectivity index (χ0n) is 12.5. The van der Waals surface area contributed by atoms with Crippen molar-refractivity contribution >= 4 is 11.6 Å². The first kappa shape index (κ1) is 14.1. The molecule has 2 rings (SSSR count). The van der Waals surface area contributed by atoms with Crippen LogP contribution in [0.2, 0.25) is 0 Å². The highest BCUT2D eigenvalue weighted by molar-refractivity contribution is 5.93. The Hall–Kier alpha value is -1.35. The van der Waals surface area contributed by atoms with Crippen molar-refractivity contribution in [3.05, 3.63) is 29.8 Å². The van der Waals surface area contributed by atoms with E-state index in [4.69, 9.17) is 0 Å². The number of carbonyl (C=O) groups excluding carboxylic acids is 1. The molecule has 0 saturated carbocycles. The average Bonchev–Trinajstić information content (AvgIpc) is 2.34. The third kappa shape index (κ3) is 2.52. The van der Waals surface area contributed by atoms with Crippen molar-refractivity contribution in [3.8, 4) is 0 Å². The van der Waals surface area contributed by atoms with Crippen LogP contribution in [0, 0.1) is 5.92 Å². The third-order valence-corrected chi connectivity index (χ3v) is 4.08. The van der Waals surface area contributed by atoms with Crippen LogP contribution in [0.25, 0.3) is 0 Å². The van der Waals surface area contributed by atoms with Gasteiger partial charge in [-0.1, -0.05) is 39.0 Å². The number of rotatable bonds is 2. The minimum Gasteiger partial charge on any atom is -0.309 e. The summed E-state index contributed by atoms with van der Waals surface area (Å²) in [6.45, 7) is 10.3. The van der Waals surface area contributed by atoms with Gasteiger partial charge in [-0.3, -0.25) is 4.79 Å². The van der Waals surface area contributed by atoms with Gasteiger partial charge in [-0.05, 0) is 24.5 Å². The highest BCUT2D eigenvalue weighted by Crippen LogP contribution is 2.40. The Bertz CT molecular complexity index is 470. The van der Waals surface area contributed by atoms with Gasteiger partial charge in [-0.2, -0.15) is 0 Å². The molecule has 19 heavy (non-hydrogen) atoms. The van der Waals surface area contributed by atoms with E-state index in [9.17, 15) is 4.79 Å². The van der Waals surface area contributed by atoms with Crippen molar-refractivity contribution in [1.82, 2.24) is 5.32 Å². The Morgan fingerprint density at radius 3 is 2.47 bits per heavy atom. The van der Waals surface area contributed by atoms with Gasteiger partial charge in [0.05, 0.1) is 0 Å². The number of hydrogen-bond donors (Lipinski definition) is 1. The number of nitrogens with one attached hydrogen (secondary N) is 1. The molecule has 1 aromatic carbocycles. The Morgan fingerprint density at radius 1 is 1.26 bits per heavy atom. The van der Waals surface area contributed by atoms with E-state index in [1.165, 1.54) is 5.56 Å². The van der Waals surface area contributed by atoms with Gasteiger partial charge in [-0.15, -0.1) is 0 Å². The first-order valence-electron chi connectivity index (χ1n) is 7.08. The van der Waals surface area contributed by atoms with E-state index >= 15 is 0 Å². The molecule has 0 radical (unpaired) electrons. The second kappa shape index (κ2) is 5.33. The van der Waals surface area contributed by atoms with Crippen molar-refractivity contribution in [1.29, 1.82) is 0 Å². The Labute approximate surface area is 116 Å². The van der Waals surface area contributed by atoms with Gasteiger partial charge in [-0.25, -0.2) is 0 Å². The minimum absolute atomic E-state index is 0.120. The number of para-hydroxylation sites is 1. The Morgan fingerprint density at radius 2 is 1.89 bits per heavy atom. The van der Waals surface area contributed by atoms with E-state index in [0.29, 0.717) is 18.0 Å². The van der Waals surface area contributed by atoms with Gasteiger partial charge < -0.3 is 10.2 Å². The van der Waals surface area contributed by atoms with E-state index in [-0.39, 0.29) is 11.9 Å². The predicted molar refractivity (Wildman–Crippen MR) is 79.2 cm³/mol. The molecule has 1 amide bonds. The molecule has 1 aliphatic heterocycles. The largest absolute Gasteiger partial charge is 0.309 e. The topological polar surface area (TPSA) is 32.3 Å². The molecule has 0 aromatic heterocycles. The molecule has 3 nitrogen and oxygen atoms in total. The number of amides is 1. The van der Waals surface area contributed by atoms with E-state index in [1.807, 2.05) is 17.0 Å². The van der Waals surface area contributed by atoms with Crippen LogP contribution in [0.1, 0.15) is 46.2 Å². The van der Waals surface area contributed by atoms with Crippen molar-refractivity contribution in [3.63, 3.8) is 0 Å². The normalized spacial score (nSPS) is 26.4. The van der Waals surface area contributed by atoms with E-state index in [1.54, 1.807) is 6.92 Å². The molecule has 1 aromatic rings. The zero-order valence-corrected chi connectivity index (χ0v) is 12.5. The Kier molecular flexibility index (Phi) is 3.95. The fourth-order valence-electron chi connectivity index (χ4n) is 3.04. The lowest BCUT2D eigenvalue weighted by Gasteiger charge is -2.44. The predicted octanol–water partition coefficient (Wildman–Crippen LogP) is 3.12. The van der Waals surface area contributed by atoms with Gasteiger partial charge in [0.15, 0.2) is 0 Å². The summed E-state index contributed by atoms with van der Waals surface area (Å²) in [4.78, 5) is 13.9. The molecule has 0 aliphatic carbocycles. The first-order chi connectivity index (χ1) is 8.93. The van der Waals surface area contributed by atoms with Crippen LogP contribution in [0.5, 0.6) is 0 Å². The first-order valence-corrected chi connectivity index (χ1v) is 7.08. The smallest absolute Gasteiger partial charge is 0.224 e. The van der Waals surface area contributed by atoms with E-state index in [0.717, 1.165) is 5.69 Å². The maximum absolute atomic E-state index is 12.0. The monoisotopic (exact) mass is 260 g/mol. The number of anilines is 1. The number of fused-ring (bicyclic) bond motifs is 1. The lowest BCUT2D eigenvalue weighted by Crippen LogP contribution is -2.50. The second-order valence-electron chi connectivity index (χ2n) is 5.85. The molecular weight excluding hydrogens is 236 g/mol. The van der Waals surface area contributed by atoms with E-state index in [2.05, 4.69) is 45.1 Å². The molecule has 3 atom stereocenters.